The lowest BCUT2D eigenvalue weighted by Gasteiger charge is -2.32. The van der Waals surface area contributed by atoms with E-state index in [2.05, 4.69) is 28.7 Å². The topological polar surface area (TPSA) is 58.2 Å². The molecule has 3 rings (SSSR count). The summed E-state index contributed by atoms with van der Waals surface area (Å²) in [6.45, 7) is 8.27. The Kier molecular flexibility index (Phi) is 5.63. The third-order valence-electron chi connectivity index (χ3n) is 4.53. The monoisotopic (exact) mass is 329 g/mol. The number of H-pyrrole nitrogens is 1. The first-order valence-electron chi connectivity index (χ1n) is 8.93. The molecule has 5 nitrogen and oxygen atoms in total. The zero-order valence-corrected chi connectivity index (χ0v) is 14.6. The summed E-state index contributed by atoms with van der Waals surface area (Å²) in [6.07, 6.45) is 3.36. The standard InChI is InChI=1S/C19H27N3O2/c1-14(2)13-24-15-7-10-22(11-8-15)12-9-18-20-17-6-4-3-5-16(17)19(23)21-18/h3-6,14-15H,7-13H2,1-2H3,(H,20,21,23). The van der Waals surface area contributed by atoms with Crippen LogP contribution in [0.2, 0.25) is 0 Å². The van der Waals surface area contributed by atoms with Crippen LogP contribution in [0.1, 0.15) is 32.5 Å². The second-order valence-electron chi connectivity index (χ2n) is 7.05. The van der Waals surface area contributed by atoms with Gasteiger partial charge in [-0.25, -0.2) is 4.98 Å². The molecule has 2 aromatic rings. The molecule has 0 saturated carbocycles. The molecule has 2 heterocycles. The Labute approximate surface area is 143 Å². The van der Waals surface area contributed by atoms with Crippen LogP contribution in [0.5, 0.6) is 0 Å². The number of rotatable bonds is 6. The van der Waals surface area contributed by atoms with Crippen LogP contribution in [-0.2, 0) is 11.2 Å². The highest BCUT2D eigenvalue weighted by molar-refractivity contribution is 5.77. The fourth-order valence-electron chi connectivity index (χ4n) is 3.15. The number of para-hydroxylation sites is 1. The van der Waals surface area contributed by atoms with E-state index in [-0.39, 0.29) is 5.56 Å². The molecular weight excluding hydrogens is 302 g/mol. The third-order valence-corrected chi connectivity index (χ3v) is 4.53. The van der Waals surface area contributed by atoms with Crippen LogP contribution in [0.25, 0.3) is 10.9 Å². The average molecular weight is 329 g/mol. The average Bonchev–Trinajstić information content (AvgIpc) is 2.59. The molecule has 24 heavy (non-hydrogen) atoms. The second-order valence-corrected chi connectivity index (χ2v) is 7.05. The predicted octanol–water partition coefficient (Wildman–Crippen LogP) is 2.60. The fraction of sp³-hybridized carbons (Fsp3) is 0.579. The van der Waals surface area contributed by atoms with Crippen LogP contribution >= 0.6 is 0 Å². The number of benzene rings is 1. The molecule has 0 bridgehead atoms. The number of aromatic amines is 1. The minimum absolute atomic E-state index is 0.0450. The van der Waals surface area contributed by atoms with E-state index in [1.165, 1.54) is 0 Å². The summed E-state index contributed by atoms with van der Waals surface area (Å²) in [4.78, 5) is 22.0. The van der Waals surface area contributed by atoms with Gasteiger partial charge >= 0.3 is 0 Å². The number of hydrogen-bond donors (Lipinski definition) is 1. The number of piperidine rings is 1. The first-order valence-corrected chi connectivity index (χ1v) is 8.93. The van der Waals surface area contributed by atoms with Crippen LogP contribution in [0.3, 0.4) is 0 Å². The first kappa shape index (κ1) is 17.1. The molecule has 1 N–H and O–H groups in total. The lowest BCUT2D eigenvalue weighted by atomic mass is 10.1. The Morgan fingerprint density at radius 2 is 2.04 bits per heavy atom. The van der Waals surface area contributed by atoms with Gasteiger partial charge < -0.3 is 14.6 Å². The third kappa shape index (κ3) is 4.42. The van der Waals surface area contributed by atoms with E-state index in [0.717, 1.165) is 56.8 Å². The molecule has 0 aliphatic carbocycles. The summed E-state index contributed by atoms with van der Waals surface area (Å²) in [5.74, 6) is 1.37. The minimum Gasteiger partial charge on any atom is -0.378 e. The largest absolute Gasteiger partial charge is 0.378 e. The normalized spacial score (nSPS) is 17.0. The van der Waals surface area contributed by atoms with Gasteiger partial charge in [0.2, 0.25) is 0 Å². The molecule has 130 valence electrons. The van der Waals surface area contributed by atoms with Crippen LogP contribution < -0.4 is 5.56 Å². The van der Waals surface area contributed by atoms with Gasteiger partial charge in [0.05, 0.1) is 17.0 Å². The van der Waals surface area contributed by atoms with Crippen LogP contribution in [0, 0.1) is 5.92 Å². The lowest BCUT2D eigenvalue weighted by molar-refractivity contribution is -0.00425. The molecule has 5 heteroatoms. The molecule has 0 spiro atoms. The Morgan fingerprint density at radius 3 is 2.79 bits per heavy atom. The quantitative estimate of drug-likeness (QED) is 0.885. The van der Waals surface area contributed by atoms with Crippen molar-refractivity contribution in [2.45, 2.75) is 39.2 Å². The molecule has 0 unspecified atom stereocenters. The highest BCUT2D eigenvalue weighted by atomic mass is 16.5. The highest BCUT2D eigenvalue weighted by Crippen LogP contribution is 2.15. The Hall–Kier alpha value is -1.72. The number of nitrogens with one attached hydrogen (secondary N) is 1. The predicted molar refractivity (Wildman–Crippen MR) is 96.3 cm³/mol. The van der Waals surface area contributed by atoms with Gasteiger partial charge in [-0.3, -0.25) is 4.79 Å². The molecule has 1 aromatic carbocycles. The van der Waals surface area contributed by atoms with E-state index in [0.29, 0.717) is 17.4 Å². The van der Waals surface area contributed by atoms with E-state index in [9.17, 15) is 4.79 Å². The highest BCUT2D eigenvalue weighted by Gasteiger charge is 2.19. The van der Waals surface area contributed by atoms with Crippen molar-refractivity contribution in [1.82, 2.24) is 14.9 Å². The van der Waals surface area contributed by atoms with E-state index in [1.54, 1.807) is 0 Å². The van der Waals surface area contributed by atoms with Crippen molar-refractivity contribution in [3.8, 4) is 0 Å². The maximum absolute atomic E-state index is 12.1. The molecule has 1 aliphatic heterocycles. The SMILES string of the molecule is CC(C)COC1CCN(CCc2nc3ccccc3c(=O)[nH]2)CC1. The number of likely N-dealkylation sites (tertiary alicyclic amines) is 1. The van der Waals surface area contributed by atoms with Crippen LogP contribution in [0.4, 0.5) is 0 Å². The van der Waals surface area contributed by atoms with Gasteiger partial charge in [0.1, 0.15) is 5.82 Å². The van der Waals surface area contributed by atoms with Gasteiger partial charge in [0, 0.05) is 32.7 Å². The van der Waals surface area contributed by atoms with Crippen LogP contribution in [-0.4, -0.2) is 47.2 Å². The van der Waals surface area contributed by atoms with E-state index in [4.69, 9.17) is 4.74 Å². The smallest absolute Gasteiger partial charge is 0.258 e. The maximum Gasteiger partial charge on any atom is 0.258 e. The van der Waals surface area contributed by atoms with Gasteiger partial charge in [0.15, 0.2) is 0 Å². The number of fused-ring (bicyclic) bond motifs is 1. The summed E-state index contributed by atoms with van der Waals surface area (Å²) in [6, 6.07) is 7.49. The van der Waals surface area contributed by atoms with Gasteiger partial charge in [-0.15, -0.1) is 0 Å². The van der Waals surface area contributed by atoms with Gasteiger partial charge in [-0.1, -0.05) is 26.0 Å². The van der Waals surface area contributed by atoms with Crippen molar-refractivity contribution in [2.24, 2.45) is 5.92 Å². The molecule has 0 atom stereocenters. The summed E-state index contributed by atoms with van der Waals surface area (Å²) in [5.41, 5.74) is 0.730. The molecule has 0 radical (unpaired) electrons. The van der Waals surface area contributed by atoms with Crippen molar-refractivity contribution in [3.63, 3.8) is 0 Å². The number of hydrogen-bond acceptors (Lipinski definition) is 4. The van der Waals surface area contributed by atoms with E-state index < -0.39 is 0 Å². The van der Waals surface area contributed by atoms with Crippen molar-refractivity contribution < 1.29 is 4.74 Å². The Balaban J connectivity index is 1.51. The van der Waals surface area contributed by atoms with Crippen LogP contribution in [0.15, 0.2) is 29.1 Å². The van der Waals surface area contributed by atoms with E-state index in [1.807, 2.05) is 24.3 Å². The minimum atomic E-state index is -0.0450. The molecule has 0 amide bonds. The fourth-order valence-corrected chi connectivity index (χ4v) is 3.15. The molecular formula is C19H27N3O2. The Bertz CT molecular complexity index is 718. The van der Waals surface area contributed by atoms with Crippen molar-refractivity contribution >= 4 is 10.9 Å². The lowest BCUT2D eigenvalue weighted by Crippen LogP contribution is -2.38. The summed E-state index contributed by atoms with van der Waals surface area (Å²) >= 11 is 0. The first-order chi connectivity index (χ1) is 11.6. The van der Waals surface area contributed by atoms with Crippen molar-refractivity contribution in [1.29, 1.82) is 0 Å². The molecule has 1 saturated heterocycles. The Morgan fingerprint density at radius 1 is 1.29 bits per heavy atom. The number of ether oxygens (including phenoxy) is 1. The summed E-state index contributed by atoms with van der Waals surface area (Å²) in [5, 5.41) is 0.657. The van der Waals surface area contributed by atoms with Gasteiger partial charge in [-0.2, -0.15) is 0 Å². The number of aromatic nitrogens is 2. The summed E-state index contributed by atoms with van der Waals surface area (Å²) < 4.78 is 5.93. The molecule has 1 fully saturated rings. The van der Waals surface area contributed by atoms with Crippen molar-refractivity contribution in [3.05, 3.63) is 40.4 Å². The zero-order valence-electron chi connectivity index (χ0n) is 14.6. The maximum atomic E-state index is 12.1. The van der Waals surface area contributed by atoms with E-state index >= 15 is 0 Å². The second kappa shape index (κ2) is 7.90. The number of nitrogens with zero attached hydrogens (tertiary/aromatic N) is 2. The summed E-state index contributed by atoms with van der Waals surface area (Å²) in [7, 11) is 0. The van der Waals surface area contributed by atoms with Gasteiger partial charge in [0.25, 0.3) is 5.56 Å². The molecule has 1 aromatic heterocycles. The zero-order chi connectivity index (χ0) is 16.9. The van der Waals surface area contributed by atoms with Gasteiger partial charge in [-0.05, 0) is 30.9 Å². The molecule has 1 aliphatic rings. The van der Waals surface area contributed by atoms with Crippen molar-refractivity contribution in [2.75, 3.05) is 26.2 Å².